The number of halogens is 1. The minimum absolute atomic E-state index is 0.601. The zero-order chi connectivity index (χ0) is 7.84. The number of hydrogen-bond acceptors (Lipinski definition) is 1. The fraction of sp³-hybridized carbons (Fsp3) is 0.375. The van der Waals surface area contributed by atoms with Crippen LogP contribution in [0.1, 0.15) is 23.5 Å². The molecule has 56 valence electrons. The van der Waals surface area contributed by atoms with E-state index in [9.17, 15) is 0 Å². The van der Waals surface area contributed by atoms with Crippen molar-refractivity contribution in [1.29, 1.82) is 0 Å². The van der Waals surface area contributed by atoms with E-state index in [-0.39, 0.29) is 0 Å². The van der Waals surface area contributed by atoms with Gasteiger partial charge in [0.25, 0.3) is 0 Å². The summed E-state index contributed by atoms with van der Waals surface area (Å²) in [6.45, 7) is 0. The summed E-state index contributed by atoms with van der Waals surface area (Å²) in [5, 5.41) is 0.888. The van der Waals surface area contributed by atoms with Gasteiger partial charge in [0.1, 0.15) is 7.85 Å². The van der Waals surface area contributed by atoms with Crippen molar-refractivity contribution in [3.05, 3.63) is 28.5 Å². The molecule has 0 aromatic carbocycles. The Morgan fingerprint density at radius 3 is 3.18 bits per heavy atom. The van der Waals surface area contributed by atoms with E-state index in [1.54, 1.807) is 6.20 Å². The fourth-order valence-corrected chi connectivity index (χ4v) is 1.90. The van der Waals surface area contributed by atoms with Gasteiger partial charge in [0.05, 0.1) is 0 Å². The van der Waals surface area contributed by atoms with E-state index < -0.39 is 0 Å². The van der Waals surface area contributed by atoms with E-state index in [0.29, 0.717) is 5.82 Å². The van der Waals surface area contributed by atoms with Gasteiger partial charge in [-0.05, 0) is 30.3 Å². The lowest BCUT2D eigenvalue weighted by Gasteiger charge is -2.02. The SMILES string of the molecule is BC1CCc2c(Cl)ccnc21. The van der Waals surface area contributed by atoms with Crippen LogP contribution in [0.5, 0.6) is 0 Å². The minimum atomic E-state index is 0.601. The first kappa shape index (κ1) is 7.17. The molecule has 0 saturated carbocycles. The lowest BCUT2D eigenvalue weighted by atomic mass is 9.85. The number of rotatable bonds is 0. The zero-order valence-electron chi connectivity index (χ0n) is 6.47. The highest BCUT2D eigenvalue weighted by Crippen LogP contribution is 2.32. The molecule has 0 spiro atoms. The number of nitrogens with zero attached hydrogens (tertiary/aromatic N) is 1. The van der Waals surface area contributed by atoms with Crippen LogP contribution in [0.15, 0.2) is 12.3 Å². The average Bonchev–Trinajstić information content (AvgIpc) is 2.35. The molecule has 1 aromatic rings. The van der Waals surface area contributed by atoms with E-state index in [4.69, 9.17) is 11.6 Å². The monoisotopic (exact) mass is 165 g/mol. The average molecular weight is 165 g/mol. The Morgan fingerprint density at radius 1 is 1.64 bits per heavy atom. The minimum Gasteiger partial charge on any atom is -0.261 e. The van der Waals surface area contributed by atoms with Crippen LogP contribution in [0.2, 0.25) is 5.02 Å². The van der Waals surface area contributed by atoms with Crippen molar-refractivity contribution in [3.8, 4) is 0 Å². The molecule has 0 amide bonds. The van der Waals surface area contributed by atoms with Crippen LogP contribution in [0, 0.1) is 0 Å². The topological polar surface area (TPSA) is 12.9 Å². The van der Waals surface area contributed by atoms with Gasteiger partial charge in [-0.15, -0.1) is 0 Å². The Bertz CT molecular complexity index is 287. The molecule has 1 aliphatic carbocycles. The third-order valence-electron chi connectivity index (χ3n) is 2.33. The second kappa shape index (κ2) is 2.52. The van der Waals surface area contributed by atoms with E-state index in [1.807, 2.05) is 6.07 Å². The number of fused-ring (bicyclic) bond motifs is 1. The quantitative estimate of drug-likeness (QED) is 0.529. The molecule has 3 heteroatoms. The summed E-state index contributed by atoms with van der Waals surface area (Å²) in [6, 6.07) is 1.87. The Balaban J connectivity index is 2.57. The van der Waals surface area contributed by atoms with Crippen LogP contribution in [0.3, 0.4) is 0 Å². The summed E-state index contributed by atoms with van der Waals surface area (Å²) in [7, 11) is 2.20. The Morgan fingerprint density at radius 2 is 2.45 bits per heavy atom. The highest BCUT2D eigenvalue weighted by Gasteiger charge is 2.21. The first-order valence-electron chi connectivity index (χ1n) is 3.92. The van der Waals surface area contributed by atoms with Gasteiger partial charge in [-0.25, -0.2) is 0 Å². The predicted octanol–water partition coefficient (Wildman–Crippen LogP) is 1.36. The molecule has 11 heavy (non-hydrogen) atoms. The molecule has 0 saturated heterocycles. The van der Waals surface area contributed by atoms with Crippen LogP contribution < -0.4 is 0 Å². The number of hydrogen-bond donors (Lipinski definition) is 0. The smallest absolute Gasteiger partial charge is 0.113 e. The van der Waals surface area contributed by atoms with Gasteiger partial charge in [0.2, 0.25) is 0 Å². The molecule has 1 nitrogen and oxygen atoms in total. The third kappa shape index (κ3) is 1.06. The van der Waals surface area contributed by atoms with Crippen molar-refractivity contribution >= 4 is 19.4 Å². The largest absolute Gasteiger partial charge is 0.261 e. The van der Waals surface area contributed by atoms with Crippen LogP contribution in [-0.4, -0.2) is 12.8 Å². The maximum Gasteiger partial charge on any atom is 0.113 e. The van der Waals surface area contributed by atoms with Gasteiger partial charge in [0.15, 0.2) is 0 Å². The van der Waals surface area contributed by atoms with Crippen molar-refractivity contribution in [2.75, 3.05) is 0 Å². The van der Waals surface area contributed by atoms with E-state index in [2.05, 4.69) is 12.8 Å². The number of aromatic nitrogens is 1. The van der Waals surface area contributed by atoms with Crippen molar-refractivity contribution in [2.45, 2.75) is 18.7 Å². The molecule has 1 unspecified atom stereocenters. The second-order valence-electron chi connectivity index (χ2n) is 3.10. The summed E-state index contributed by atoms with van der Waals surface area (Å²) in [5.41, 5.74) is 2.47. The maximum absolute atomic E-state index is 5.99. The summed E-state index contributed by atoms with van der Waals surface area (Å²) in [6.07, 6.45) is 4.10. The highest BCUT2D eigenvalue weighted by atomic mass is 35.5. The molecular weight excluding hydrogens is 156 g/mol. The molecule has 0 aliphatic heterocycles. The van der Waals surface area contributed by atoms with Gasteiger partial charge in [-0.1, -0.05) is 11.6 Å². The molecule has 0 radical (unpaired) electrons. The van der Waals surface area contributed by atoms with Crippen LogP contribution >= 0.6 is 11.6 Å². The van der Waals surface area contributed by atoms with Crippen molar-refractivity contribution in [3.63, 3.8) is 0 Å². The lowest BCUT2D eigenvalue weighted by Crippen LogP contribution is -1.94. The molecule has 1 heterocycles. The van der Waals surface area contributed by atoms with E-state index in [1.165, 1.54) is 17.7 Å². The first-order chi connectivity index (χ1) is 5.29. The molecule has 1 atom stereocenters. The lowest BCUT2D eigenvalue weighted by molar-refractivity contribution is 0.866. The third-order valence-corrected chi connectivity index (χ3v) is 2.68. The predicted molar refractivity (Wildman–Crippen MR) is 48.9 cm³/mol. The van der Waals surface area contributed by atoms with Crippen molar-refractivity contribution in [1.82, 2.24) is 4.98 Å². The van der Waals surface area contributed by atoms with Gasteiger partial charge in [0, 0.05) is 16.9 Å². The van der Waals surface area contributed by atoms with E-state index in [0.717, 1.165) is 11.4 Å². The Kier molecular flexibility index (Phi) is 1.65. The van der Waals surface area contributed by atoms with Gasteiger partial charge in [-0.3, -0.25) is 4.98 Å². The Labute approximate surface area is 72.2 Å². The van der Waals surface area contributed by atoms with Crippen LogP contribution in [0.25, 0.3) is 0 Å². The van der Waals surface area contributed by atoms with Crippen molar-refractivity contribution in [2.24, 2.45) is 0 Å². The molecule has 2 rings (SSSR count). The summed E-state index contributed by atoms with van der Waals surface area (Å²) in [4.78, 5) is 4.32. The molecule has 1 aliphatic rings. The molecule has 0 N–H and O–H groups in total. The summed E-state index contributed by atoms with van der Waals surface area (Å²) in [5.74, 6) is 0.601. The van der Waals surface area contributed by atoms with Crippen LogP contribution in [-0.2, 0) is 6.42 Å². The molecule has 0 bridgehead atoms. The summed E-state index contributed by atoms with van der Waals surface area (Å²) < 4.78 is 0. The highest BCUT2D eigenvalue weighted by molar-refractivity contribution is 6.31. The number of pyridine rings is 1. The van der Waals surface area contributed by atoms with Gasteiger partial charge >= 0.3 is 0 Å². The maximum atomic E-state index is 5.99. The second-order valence-corrected chi connectivity index (χ2v) is 3.50. The van der Waals surface area contributed by atoms with Gasteiger partial charge < -0.3 is 0 Å². The van der Waals surface area contributed by atoms with Crippen molar-refractivity contribution < 1.29 is 0 Å². The first-order valence-corrected chi connectivity index (χ1v) is 4.30. The van der Waals surface area contributed by atoms with Crippen LogP contribution in [0.4, 0.5) is 0 Å². The zero-order valence-corrected chi connectivity index (χ0v) is 7.23. The molecule has 0 fully saturated rings. The normalized spacial score (nSPS) is 21.7. The van der Waals surface area contributed by atoms with Gasteiger partial charge in [-0.2, -0.15) is 0 Å². The standard InChI is InChI=1S/C8H9BClN/c9-6-2-1-5-7(10)3-4-11-8(5)6/h3-4,6H,1-2,9H2. The molecular formula is C8H9BClN. The van der Waals surface area contributed by atoms with E-state index >= 15 is 0 Å². The summed E-state index contributed by atoms with van der Waals surface area (Å²) >= 11 is 5.99. The molecule has 1 aromatic heterocycles. The Hall–Kier alpha value is -0.495. The fourth-order valence-electron chi connectivity index (χ4n) is 1.65.